The number of H-pyrrole nitrogens is 1. The molecule has 1 fully saturated rings. The Bertz CT molecular complexity index is 1330. The van der Waals surface area contributed by atoms with Gasteiger partial charge < -0.3 is 19.7 Å². The van der Waals surface area contributed by atoms with E-state index in [1.54, 1.807) is 31.6 Å². The van der Waals surface area contributed by atoms with Gasteiger partial charge in [-0.25, -0.2) is 8.42 Å². The SMILES string of the molecule is COc1ccc2c3c([nH]c2c1)[C@@H](CO)N(S(C)(=O)=O)CC31CCN(C(=O)c2ccncc2)CC1. The van der Waals surface area contributed by atoms with Crippen molar-refractivity contribution in [2.75, 3.05) is 39.6 Å². The van der Waals surface area contributed by atoms with Crippen molar-refractivity contribution in [2.24, 2.45) is 0 Å². The van der Waals surface area contributed by atoms with Crippen molar-refractivity contribution < 1.29 is 23.1 Å². The Kier molecular flexibility index (Phi) is 5.62. The van der Waals surface area contributed by atoms with Crippen molar-refractivity contribution in [3.05, 3.63) is 59.5 Å². The molecule has 1 saturated heterocycles. The number of carbonyl (C=O) groups excluding carboxylic acids is 1. The van der Waals surface area contributed by atoms with Crippen LogP contribution in [0.25, 0.3) is 10.9 Å². The van der Waals surface area contributed by atoms with E-state index < -0.39 is 21.5 Å². The fourth-order valence-electron chi connectivity index (χ4n) is 5.53. The van der Waals surface area contributed by atoms with Crippen LogP contribution in [0.15, 0.2) is 42.7 Å². The molecule has 1 aromatic carbocycles. The lowest BCUT2D eigenvalue weighted by atomic mass is 9.69. The zero-order valence-electron chi connectivity index (χ0n) is 19.2. The molecule has 3 aromatic rings. The van der Waals surface area contributed by atoms with Crippen molar-refractivity contribution in [3.8, 4) is 5.75 Å². The summed E-state index contributed by atoms with van der Waals surface area (Å²) in [6.45, 7) is 0.947. The van der Waals surface area contributed by atoms with Gasteiger partial charge in [0.1, 0.15) is 5.75 Å². The quantitative estimate of drug-likeness (QED) is 0.586. The topological polar surface area (TPSA) is 116 Å². The van der Waals surface area contributed by atoms with Crippen LogP contribution in [0.1, 0.15) is 40.5 Å². The normalized spacial score (nSPS) is 20.4. The minimum Gasteiger partial charge on any atom is -0.497 e. The number of hydrogen-bond acceptors (Lipinski definition) is 6. The molecule has 2 N–H and O–H groups in total. The van der Waals surface area contributed by atoms with Crippen molar-refractivity contribution in [2.45, 2.75) is 24.3 Å². The van der Waals surface area contributed by atoms with Crippen molar-refractivity contribution >= 4 is 26.8 Å². The highest BCUT2D eigenvalue weighted by Crippen LogP contribution is 2.49. The number of nitrogens with zero attached hydrogens (tertiary/aromatic N) is 3. The van der Waals surface area contributed by atoms with E-state index >= 15 is 0 Å². The van der Waals surface area contributed by atoms with Gasteiger partial charge in [-0.3, -0.25) is 9.78 Å². The summed E-state index contributed by atoms with van der Waals surface area (Å²) in [6.07, 6.45) is 5.61. The lowest BCUT2D eigenvalue weighted by Gasteiger charge is -2.49. The van der Waals surface area contributed by atoms with Crippen LogP contribution >= 0.6 is 0 Å². The largest absolute Gasteiger partial charge is 0.497 e. The zero-order valence-corrected chi connectivity index (χ0v) is 20.0. The third-order valence-corrected chi connectivity index (χ3v) is 8.47. The van der Waals surface area contributed by atoms with Gasteiger partial charge in [-0.05, 0) is 42.7 Å². The van der Waals surface area contributed by atoms with E-state index in [9.17, 15) is 18.3 Å². The molecule has 0 radical (unpaired) electrons. The van der Waals surface area contributed by atoms with Crippen molar-refractivity contribution in [3.63, 3.8) is 0 Å². The van der Waals surface area contributed by atoms with Crippen LogP contribution in [-0.2, 0) is 15.4 Å². The highest BCUT2D eigenvalue weighted by atomic mass is 32.2. The summed E-state index contributed by atoms with van der Waals surface area (Å²) < 4.78 is 32.3. The molecule has 0 aliphatic carbocycles. The van der Waals surface area contributed by atoms with Gasteiger partial charge in [0.25, 0.3) is 5.91 Å². The molecule has 1 spiro atoms. The number of aromatic nitrogens is 2. The van der Waals surface area contributed by atoms with E-state index in [1.807, 2.05) is 23.1 Å². The molecule has 34 heavy (non-hydrogen) atoms. The molecule has 2 aliphatic heterocycles. The first-order valence-electron chi connectivity index (χ1n) is 11.2. The number of nitrogens with one attached hydrogen (secondary N) is 1. The van der Waals surface area contributed by atoms with Gasteiger partial charge >= 0.3 is 0 Å². The van der Waals surface area contributed by atoms with Crippen LogP contribution in [-0.4, -0.2) is 78.2 Å². The molecule has 0 unspecified atom stereocenters. The summed E-state index contributed by atoms with van der Waals surface area (Å²) in [6, 6.07) is 8.49. The fourth-order valence-corrected chi connectivity index (χ4v) is 6.65. The van der Waals surface area contributed by atoms with Crippen LogP contribution in [0, 0.1) is 0 Å². The maximum Gasteiger partial charge on any atom is 0.253 e. The standard InChI is InChI=1S/C24H28N4O5S/c1-33-17-3-4-18-19(13-17)26-22-20(14-29)28(34(2,31)32)15-24(21(18)22)7-11-27(12-8-24)23(30)16-5-9-25-10-6-16/h3-6,9-10,13,20,26,29H,7-8,11-12,14-15H2,1-2H3/t20-/m1/s1. The van der Waals surface area contributed by atoms with E-state index in [0.717, 1.165) is 22.2 Å². The smallest absolute Gasteiger partial charge is 0.253 e. The summed E-state index contributed by atoms with van der Waals surface area (Å²) in [4.78, 5) is 22.2. The minimum absolute atomic E-state index is 0.0508. The monoisotopic (exact) mass is 484 g/mol. The molecule has 9 nitrogen and oxygen atoms in total. The number of hydrogen-bond donors (Lipinski definition) is 2. The minimum atomic E-state index is -3.59. The summed E-state index contributed by atoms with van der Waals surface area (Å²) in [5.41, 5.74) is 2.71. The lowest BCUT2D eigenvalue weighted by Crippen LogP contribution is -2.55. The molecule has 2 aliphatic rings. The summed E-state index contributed by atoms with van der Waals surface area (Å²) >= 11 is 0. The van der Waals surface area contributed by atoms with Crippen LogP contribution in [0.3, 0.4) is 0 Å². The van der Waals surface area contributed by atoms with Gasteiger partial charge in [-0.2, -0.15) is 4.31 Å². The number of aliphatic hydroxyl groups is 1. The summed E-state index contributed by atoms with van der Waals surface area (Å²) in [5, 5.41) is 11.2. The third-order valence-electron chi connectivity index (χ3n) is 7.24. The number of rotatable bonds is 4. The van der Waals surface area contributed by atoms with Gasteiger partial charge in [0.2, 0.25) is 10.0 Å². The fraction of sp³-hybridized carbons (Fsp3) is 0.417. The van der Waals surface area contributed by atoms with E-state index in [-0.39, 0.29) is 19.1 Å². The first-order valence-corrected chi connectivity index (χ1v) is 13.1. The number of fused-ring (bicyclic) bond motifs is 4. The van der Waals surface area contributed by atoms with Crippen LogP contribution in [0.5, 0.6) is 5.75 Å². The number of likely N-dealkylation sites (tertiary alicyclic amines) is 1. The average Bonchev–Trinajstić information content (AvgIpc) is 3.23. The molecule has 4 heterocycles. The predicted molar refractivity (Wildman–Crippen MR) is 127 cm³/mol. The first kappa shape index (κ1) is 22.8. The number of methoxy groups -OCH3 is 1. The highest BCUT2D eigenvalue weighted by molar-refractivity contribution is 7.88. The van der Waals surface area contributed by atoms with Gasteiger partial charge in [0, 0.05) is 65.7 Å². The van der Waals surface area contributed by atoms with E-state index in [1.165, 1.54) is 10.6 Å². The van der Waals surface area contributed by atoms with Crippen LogP contribution in [0.4, 0.5) is 0 Å². The van der Waals surface area contributed by atoms with Crippen LogP contribution < -0.4 is 4.74 Å². The molecular weight excluding hydrogens is 456 g/mol. The van der Waals surface area contributed by atoms with Crippen molar-refractivity contribution in [1.29, 1.82) is 0 Å². The number of aliphatic hydroxyl groups excluding tert-OH is 1. The molecule has 1 atom stereocenters. The number of pyridine rings is 1. The maximum absolute atomic E-state index is 13.0. The summed E-state index contributed by atoms with van der Waals surface area (Å²) in [7, 11) is -1.99. The molecule has 1 amide bonds. The van der Waals surface area contributed by atoms with E-state index in [0.29, 0.717) is 37.2 Å². The molecular formula is C24H28N4O5S. The molecule has 5 rings (SSSR count). The van der Waals surface area contributed by atoms with Gasteiger partial charge in [-0.15, -0.1) is 0 Å². The number of aromatic amines is 1. The van der Waals surface area contributed by atoms with Gasteiger partial charge in [0.05, 0.1) is 26.0 Å². The third kappa shape index (κ3) is 3.66. The van der Waals surface area contributed by atoms with Gasteiger partial charge in [0.15, 0.2) is 0 Å². The maximum atomic E-state index is 13.0. The Morgan fingerprint density at radius 1 is 1.24 bits per heavy atom. The van der Waals surface area contributed by atoms with Crippen LogP contribution in [0.2, 0.25) is 0 Å². The molecule has 2 aromatic heterocycles. The average molecular weight is 485 g/mol. The first-order chi connectivity index (χ1) is 16.3. The Labute approximate surface area is 198 Å². The van der Waals surface area contributed by atoms with Crippen molar-refractivity contribution in [1.82, 2.24) is 19.2 Å². The summed E-state index contributed by atoms with van der Waals surface area (Å²) in [5.74, 6) is 0.642. The number of carbonyl (C=O) groups is 1. The predicted octanol–water partition coefficient (Wildman–Crippen LogP) is 2.05. The molecule has 10 heteroatoms. The number of benzene rings is 1. The Morgan fingerprint density at radius 3 is 2.56 bits per heavy atom. The Morgan fingerprint density at radius 2 is 1.94 bits per heavy atom. The Hall–Kier alpha value is -2.95. The second kappa shape index (κ2) is 8.37. The number of sulfonamides is 1. The highest BCUT2D eigenvalue weighted by Gasteiger charge is 2.50. The molecule has 180 valence electrons. The van der Waals surface area contributed by atoms with Gasteiger partial charge in [-0.1, -0.05) is 0 Å². The second-order valence-electron chi connectivity index (χ2n) is 9.14. The lowest BCUT2D eigenvalue weighted by molar-refractivity contribution is 0.0601. The Balaban J connectivity index is 1.58. The number of ether oxygens (including phenoxy) is 1. The zero-order chi connectivity index (χ0) is 24.1. The van der Waals surface area contributed by atoms with E-state index in [4.69, 9.17) is 4.74 Å². The van der Waals surface area contributed by atoms with E-state index in [2.05, 4.69) is 9.97 Å². The second-order valence-corrected chi connectivity index (χ2v) is 11.1. The molecule has 0 saturated carbocycles. The molecule has 0 bridgehead atoms. The number of piperidine rings is 1. The number of amides is 1.